The van der Waals surface area contributed by atoms with E-state index in [1.54, 1.807) is 11.0 Å². The van der Waals surface area contributed by atoms with Gasteiger partial charge in [-0.05, 0) is 104 Å². The number of carbonyl (C=O) groups is 1. The Balaban J connectivity index is 1.24. The van der Waals surface area contributed by atoms with Crippen molar-refractivity contribution in [1.29, 1.82) is 0 Å². The molecule has 6 atom stereocenters. The third-order valence-corrected chi connectivity index (χ3v) is 13.1. The van der Waals surface area contributed by atoms with Gasteiger partial charge < -0.3 is 48.2 Å². The second-order valence-corrected chi connectivity index (χ2v) is 17.5. The molecule has 2 aliphatic carbocycles. The number of ether oxygens (including phenoxy) is 7. The van der Waals surface area contributed by atoms with Crippen molar-refractivity contribution in [2.24, 2.45) is 22.9 Å². The molecule has 1 fully saturated rings. The number of aromatic nitrogens is 1. The number of oxime groups is 1. The third-order valence-electron chi connectivity index (χ3n) is 13.1. The number of fused-ring (bicyclic) bond motifs is 3. The van der Waals surface area contributed by atoms with Gasteiger partial charge in [-0.2, -0.15) is 0 Å². The van der Waals surface area contributed by atoms with E-state index in [0.717, 1.165) is 59.3 Å². The molecule has 8 rings (SSSR count). The number of rotatable bonds is 23. The predicted octanol–water partition coefficient (Wildman–Crippen LogP) is 8.82. The van der Waals surface area contributed by atoms with Crippen LogP contribution < -0.4 is 18.9 Å². The summed E-state index contributed by atoms with van der Waals surface area (Å²) in [5.74, 6) is 0.306. The minimum absolute atomic E-state index is 0.000245. The summed E-state index contributed by atoms with van der Waals surface area (Å²) in [5.41, 5.74) is 6.05. The lowest BCUT2D eigenvalue weighted by Crippen LogP contribution is -2.70. The normalized spacial score (nSPS) is 22.8. The molecule has 14 nitrogen and oxygen atoms in total. The number of aliphatic hydroxyl groups is 2. The average Bonchev–Trinajstić information content (AvgIpc) is 3.82. The van der Waals surface area contributed by atoms with Crippen LogP contribution in [0.5, 0.6) is 23.0 Å². The quantitative estimate of drug-likeness (QED) is 0.0414. The fraction of sp³-hybridized carbons (Fsp3) is 0.453. The molecule has 0 radical (unpaired) electrons. The summed E-state index contributed by atoms with van der Waals surface area (Å²) in [4.78, 5) is 27.0. The second-order valence-electron chi connectivity index (χ2n) is 17.5. The Morgan fingerprint density at radius 2 is 1.72 bits per heavy atom. The zero-order chi connectivity index (χ0) is 46.6. The Labute approximate surface area is 393 Å². The first-order chi connectivity index (χ1) is 32.8. The molecule has 0 saturated heterocycles. The molecule has 3 heterocycles. The Kier molecular flexibility index (Phi) is 16.1. The molecule has 4 aliphatic rings. The van der Waals surface area contributed by atoms with E-state index < -0.39 is 23.8 Å². The molecule has 1 saturated carbocycles. The maximum Gasteiger partial charge on any atom is 0.410 e. The van der Waals surface area contributed by atoms with Gasteiger partial charge in [0, 0.05) is 43.4 Å². The Bertz CT molecular complexity index is 2360. The second kappa shape index (κ2) is 22.7. The highest BCUT2D eigenvalue weighted by Crippen LogP contribution is 2.62. The number of aryl methyl sites for hydroxylation is 1. The predicted molar refractivity (Wildman–Crippen MR) is 251 cm³/mol. The molecule has 0 spiro atoms. The van der Waals surface area contributed by atoms with Crippen LogP contribution in [0.4, 0.5) is 4.79 Å². The van der Waals surface area contributed by atoms with E-state index in [-0.39, 0.29) is 77.2 Å². The van der Waals surface area contributed by atoms with Crippen LogP contribution in [0.1, 0.15) is 78.9 Å². The molecule has 6 unspecified atom stereocenters. The highest BCUT2D eigenvalue weighted by Gasteiger charge is 2.65. The first-order valence-electron chi connectivity index (χ1n) is 23.5. The number of hydrogen-bond donors (Lipinski definition) is 2. The lowest BCUT2D eigenvalue weighted by Gasteiger charge is -2.59. The molecule has 3 aromatic carbocycles. The van der Waals surface area contributed by atoms with Crippen LogP contribution in [0, 0.1) is 24.7 Å². The van der Waals surface area contributed by atoms with E-state index in [1.165, 1.54) is 7.11 Å². The molecule has 67 heavy (non-hydrogen) atoms. The molecular weight excluding hydrogens is 855 g/mol. The van der Waals surface area contributed by atoms with Gasteiger partial charge in [0.15, 0.2) is 11.5 Å². The summed E-state index contributed by atoms with van der Waals surface area (Å²) in [5, 5.41) is 24.7. The minimum Gasteiger partial charge on any atom is -0.487 e. The fourth-order valence-electron chi connectivity index (χ4n) is 10.3. The molecule has 1 amide bonds. The number of pyridine rings is 1. The van der Waals surface area contributed by atoms with Crippen LogP contribution in [0.25, 0.3) is 0 Å². The maximum atomic E-state index is 15.0. The van der Waals surface area contributed by atoms with Crippen molar-refractivity contribution in [3.63, 3.8) is 0 Å². The van der Waals surface area contributed by atoms with Crippen LogP contribution in [0.15, 0.2) is 114 Å². The lowest BCUT2D eigenvalue weighted by molar-refractivity contribution is -0.256. The highest BCUT2D eigenvalue weighted by atomic mass is 16.7. The summed E-state index contributed by atoms with van der Waals surface area (Å²) in [6.07, 6.45) is 8.14. The van der Waals surface area contributed by atoms with Gasteiger partial charge in [-0.3, -0.25) is 9.88 Å². The van der Waals surface area contributed by atoms with Gasteiger partial charge in [-0.15, -0.1) is 6.58 Å². The van der Waals surface area contributed by atoms with E-state index in [9.17, 15) is 15.0 Å². The van der Waals surface area contributed by atoms with Crippen molar-refractivity contribution in [3.8, 4) is 23.0 Å². The highest BCUT2D eigenvalue weighted by molar-refractivity contribution is 6.03. The van der Waals surface area contributed by atoms with E-state index in [2.05, 4.69) is 23.7 Å². The van der Waals surface area contributed by atoms with Gasteiger partial charge in [0.2, 0.25) is 12.6 Å². The largest absolute Gasteiger partial charge is 0.487 e. The molecule has 14 heteroatoms. The van der Waals surface area contributed by atoms with Crippen LogP contribution in [0.3, 0.4) is 0 Å². The Hall–Kier alpha value is -5.93. The number of aliphatic hydroxyl groups excluding tert-OH is 2. The number of amides is 1. The molecule has 2 aliphatic heterocycles. The van der Waals surface area contributed by atoms with Crippen molar-refractivity contribution < 1.29 is 53.0 Å². The van der Waals surface area contributed by atoms with Crippen molar-refractivity contribution >= 4 is 11.8 Å². The van der Waals surface area contributed by atoms with Gasteiger partial charge in [-0.25, -0.2) is 4.79 Å². The van der Waals surface area contributed by atoms with Crippen LogP contribution in [-0.2, 0) is 38.8 Å². The minimum atomic E-state index is -1.50. The summed E-state index contributed by atoms with van der Waals surface area (Å²) >= 11 is 0. The van der Waals surface area contributed by atoms with Crippen molar-refractivity contribution in [3.05, 3.63) is 137 Å². The lowest BCUT2D eigenvalue weighted by atomic mass is 9.55. The zero-order valence-corrected chi connectivity index (χ0v) is 38.6. The number of carbonyl (C=O) groups excluding carboxylic acids is 1. The first-order valence-corrected chi connectivity index (χ1v) is 23.5. The van der Waals surface area contributed by atoms with Gasteiger partial charge in [0.25, 0.3) is 0 Å². The molecular formula is C53H63N3O11. The molecule has 356 valence electrons. The van der Waals surface area contributed by atoms with E-state index in [0.29, 0.717) is 48.2 Å². The topological polar surface area (TPSA) is 160 Å². The summed E-state index contributed by atoms with van der Waals surface area (Å²) < 4.78 is 44.5. The molecule has 4 aromatic rings. The third kappa shape index (κ3) is 10.9. The van der Waals surface area contributed by atoms with Crippen molar-refractivity contribution in [2.45, 2.75) is 89.4 Å². The molecule has 2 N–H and O–H groups in total. The van der Waals surface area contributed by atoms with Gasteiger partial charge in [-0.1, -0.05) is 72.6 Å². The smallest absolute Gasteiger partial charge is 0.410 e. The standard InChI is InChI=1S/C53H63N3O11/c1-4-25-66-53-49(56(32-38-19-21-47-48(28-38)65-35-64-47)52(59)62-27-26-61-33-37-14-6-5-7-15-37)31-45(55-60-3)43-29-39(16-8-10-23-57)42(18-9-11-24-58)50(51(43)53)44-30-41(20-22-46(44)67-53)63-34-40-17-12-13-36(2)54-40/h4-7,12-15,17,19-22,28-30,39,42,49-51,57-58H,1,8-11,16,18,23-27,31-35H2,2-3H3. The summed E-state index contributed by atoms with van der Waals surface area (Å²) in [6.45, 7) is 7.33. The van der Waals surface area contributed by atoms with Gasteiger partial charge in [0.05, 0.1) is 37.1 Å². The fourth-order valence-corrected chi connectivity index (χ4v) is 10.3. The van der Waals surface area contributed by atoms with E-state index in [1.807, 2.05) is 85.8 Å². The SMILES string of the molecule is C=CCOC12Oc3ccc(OCc4cccc(C)n4)cc3C3C(CCCCO)C(CCCCO)C=C(C(=NOC)CC1N(Cc1ccc4c(c1)OCO4)C(=O)OCCOCc1ccccc1)C32. The number of benzene rings is 3. The number of hydrogen-bond acceptors (Lipinski definition) is 13. The maximum absolute atomic E-state index is 15.0. The zero-order valence-electron chi connectivity index (χ0n) is 38.6. The Morgan fingerprint density at radius 3 is 2.51 bits per heavy atom. The molecule has 0 bridgehead atoms. The van der Waals surface area contributed by atoms with E-state index in [4.69, 9.17) is 43.2 Å². The van der Waals surface area contributed by atoms with Gasteiger partial charge in [0.1, 0.15) is 37.9 Å². The van der Waals surface area contributed by atoms with Crippen molar-refractivity contribution in [2.75, 3.05) is 46.9 Å². The average molecular weight is 918 g/mol. The van der Waals surface area contributed by atoms with Crippen LogP contribution >= 0.6 is 0 Å². The first kappa shape index (κ1) is 47.6. The monoisotopic (exact) mass is 917 g/mol. The number of allylic oxidation sites excluding steroid dienone is 1. The summed E-state index contributed by atoms with van der Waals surface area (Å²) in [7, 11) is 1.53. The van der Waals surface area contributed by atoms with E-state index >= 15 is 0 Å². The summed E-state index contributed by atoms with van der Waals surface area (Å²) in [6, 6.07) is 26.4. The van der Waals surface area contributed by atoms with Gasteiger partial charge >= 0.3 is 6.09 Å². The molecule has 1 aromatic heterocycles. The van der Waals surface area contributed by atoms with Crippen LogP contribution in [0.2, 0.25) is 0 Å². The number of nitrogens with zero attached hydrogens (tertiary/aromatic N) is 3. The van der Waals surface area contributed by atoms with Crippen molar-refractivity contribution in [1.82, 2.24) is 9.88 Å². The number of unbranched alkanes of at least 4 members (excludes halogenated alkanes) is 2. The van der Waals surface area contributed by atoms with Crippen LogP contribution in [-0.4, -0.2) is 90.7 Å². The Morgan fingerprint density at radius 1 is 0.910 bits per heavy atom.